The molecule has 2 aromatic carbocycles. The molecule has 0 radical (unpaired) electrons. The van der Waals surface area contributed by atoms with Crippen molar-refractivity contribution in [3.8, 4) is 5.69 Å². The van der Waals surface area contributed by atoms with Gasteiger partial charge in [-0.1, -0.05) is 18.2 Å². The van der Waals surface area contributed by atoms with Gasteiger partial charge in [0.1, 0.15) is 12.7 Å². The van der Waals surface area contributed by atoms with Crippen LogP contribution in [0.15, 0.2) is 67.4 Å². The first-order valence-electron chi connectivity index (χ1n) is 7.84. The largest absolute Gasteiger partial charge is 0.360 e. The lowest BCUT2D eigenvalue weighted by Gasteiger charge is -2.07. The summed E-state index contributed by atoms with van der Waals surface area (Å²) < 4.78 is 1.58. The number of nitrogens with one attached hydrogen (secondary N) is 3. The van der Waals surface area contributed by atoms with Gasteiger partial charge >= 0.3 is 0 Å². The van der Waals surface area contributed by atoms with E-state index in [1.807, 2.05) is 24.3 Å². The van der Waals surface area contributed by atoms with Crippen molar-refractivity contribution in [1.29, 1.82) is 0 Å². The summed E-state index contributed by atoms with van der Waals surface area (Å²) in [4.78, 5) is 31.4. The minimum absolute atomic E-state index is 0.393. The highest BCUT2D eigenvalue weighted by molar-refractivity contribution is 6.07. The highest BCUT2D eigenvalue weighted by Crippen LogP contribution is 2.17. The van der Waals surface area contributed by atoms with Gasteiger partial charge in [-0.2, -0.15) is 5.10 Å². The van der Waals surface area contributed by atoms with E-state index in [4.69, 9.17) is 0 Å². The molecular formula is C18H14N6O2. The van der Waals surface area contributed by atoms with Crippen molar-refractivity contribution in [3.63, 3.8) is 0 Å². The summed E-state index contributed by atoms with van der Waals surface area (Å²) in [6, 6.07) is 14.2. The predicted molar refractivity (Wildman–Crippen MR) is 94.6 cm³/mol. The van der Waals surface area contributed by atoms with Gasteiger partial charge in [-0.25, -0.2) is 9.67 Å². The van der Waals surface area contributed by atoms with E-state index in [0.29, 0.717) is 11.1 Å². The molecule has 8 heteroatoms. The molecule has 26 heavy (non-hydrogen) atoms. The first-order valence-corrected chi connectivity index (χ1v) is 7.84. The molecule has 0 saturated heterocycles. The van der Waals surface area contributed by atoms with Crippen LogP contribution in [0, 0.1) is 0 Å². The molecule has 0 bridgehead atoms. The molecule has 4 aromatic rings. The van der Waals surface area contributed by atoms with Crippen molar-refractivity contribution < 1.29 is 9.59 Å². The Balaban J connectivity index is 1.43. The van der Waals surface area contributed by atoms with Gasteiger partial charge in [0, 0.05) is 22.7 Å². The number of para-hydroxylation sites is 1. The summed E-state index contributed by atoms with van der Waals surface area (Å²) in [7, 11) is 0. The van der Waals surface area contributed by atoms with Crippen molar-refractivity contribution >= 4 is 22.7 Å². The number of aromatic amines is 1. The van der Waals surface area contributed by atoms with Gasteiger partial charge in [0.2, 0.25) is 0 Å². The van der Waals surface area contributed by atoms with Gasteiger partial charge in [-0.15, -0.1) is 0 Å². The average molecular weight is 346 g/mol. The number of amides is 2. The number of hydrazine groups is 1. The first kappa shape index (κ1) is 15.6. The molecule has 128 valence electrons. The lowest BCUT2D eigenvalue weighted by atomic mass is 10.2. The monoisotopic (exact) mass is 346 g/mol. The van der Waals surface area contributed by atoms with Gasteiger partial charge in [0.25, 0.3) is 11.8 Å². The Bertz CT molecular complexity index is 1070. The normalized spacial score (nSPS) is 10.6. The molecule has 2 heterocycles. The van der Waals surface area contributed by atoms with Crippen LogP contribution in [0.4, 0.5) is 0 Å². The molecule has 2 amide bonds. The molecule has 0 saturated carbocycles. The van der Waals surface area contributed by atoms with E-state index in [1.165, 1.54) is 6.33 Å². The second kappa shape index (κ2) is 6.52. The maximum Gasteiger partial charge on any atom is 0.271 e. The molecule has 2 aromatic heterocycles. The maximum atomic E-state index is 12.3. The number of carbonyl (C=O) groups excluding carboxylic acids is 2. The van der Waals surface area contributed by atoms with E-state index in [-0.39, 0.29) is 0 Å². The highest BCUT2D eigenvalue weighted by atomic mass is 16.2. The minimum atomic E-state index is -0.414. The van der Waals surface area contributed by atoms with Crippen LogP contribution in [-0.4, -0.2) is 31.6 Å². The summed E-state index contributed by atoms with van der Waals surface area (Å²) in [5.41, 5.74) is 7.36. The summed E-state index contributed by atoms with van der Waals surface area (Å²) in [6.07, 6.45) is 4.61. The Morgan fingerprint density at radius 1 is 0.962 bits per heavy atom. The van der Waals surface area contributed by atoms with Crippen LogP contribution in [0.5, 0.6) is 0 Å². The summed E-state index contributed by atoms with van der Waals surface area (Å²) in [5.74, 6) is -0.807. The van der Waals surface area contributed by atoms with Gasteiger partial charge < -0.3 is 4.98 Å². The first-order chi connectivity index (χ1) is 12.7. The number of nitrogens with zero attached hydrogens (tertiary/aromatic N) is 3. The number of benzene rings is 2. The number of rotatable bonds is 3. The molecular weight excluding hydrogens is 332 g/mol. The van der Waals surface area contributed by atoms with Crippen LogP contribution in [0.1, 0.15) is 20.7 Å². The average Bonchev–Trinajstić information content (AvgIpc) is 3.36. The third-order valence-electron chi connectivity index (χ3n) is 3.94. The van der Waals surface area contributed by atoms with Crippen LogP contribution in [-0.2, 0) is 0 Å². The van der Waals surface area contributed by atoms with E-state index in [9.17, 15) is 9.59 Å². The van der Waals surface area contributed by atoms with Crippen LogP contribution >= 0.6 is 0 Å². The number of hydrogen-bond donors (Lipinski definition) is 3. The lowest BCUT2D eigenvalue weighted by molar-refractivity contribution is 0.0847. The van der Waals surface area contributed by atoms with Crippen LogP contribution < -0.4 is 10.9 Å². The molecule has 4 rings (SSSR count). The van der Waals surface area contributed by atoms with Crippen LogP contribution in [0.2, 0.25) is 0 Å². The lowest BCUT2D eigenvalue weighted by Crippen LogP contribution is -2.41. The van der Waals surface area contributed by atoms with Gasteiger partial charge in [0.05, 0.1) is 11.3 Å². The quantitative estimate of drug-likeness (QED) is 0.492. The molecule has 0 aliphatic carbocycles. The van der Waals surface area contributed by atoms with Crippen molar-refractivity contribution in [1.82, 2.24) is 30.6 Å². The fourth-order valence-electron chi connectivity index (χ4n) is 2.62. The van der Waals surface area contributed by atoms with E-state index < -0.39 is 11.8 Å². The molecule has 3 N–H and O–H groups in total. The Kier molecular flexibility index (Phi) is 3.91. The molecule has 0 unspecified atom stereocenters. The van der Waals surface area contributed by atoms with Crippen molar-refractivity contribution in [2.45, 2.75) is 0 Å². The minimum Gasteiger partial charge on any atom is -0.360 e. The zero-order valence-electron chi connectivity index (χ0n) is 13.5. The number of H-pyrrole nitrogens is 1. The van der Waals surface area contributed by atoms with Gasteiger partial charge in [-0.3, -0.25) is 20.4 Å². The van der Waals surface area contributed by atoms with E-state index in [2.05, 4.69) is 25.9 Å². The van der Waals surface area contributed by atoms with E-state index in [1.54, 1.807) is 41.5 Å². The van der Waals surface area contributed by atoms with E-state index in [0.717, 1.165) is 16.6 Å². The molecule has 0 atom stereocenters. The Morgan fingerprint density at radius 3 is 2.50 bits per heavy atom. The topological polar surface area (TPSA) is 105 Å². The standard InChI is InChI=1S/C18H14N6O2/c25-17(12-5-7-13(8-6-12)24-11-19-10-21-24)22-23-18(26)15-9-20-16-4-2-1-3-14(15)16/h1-11,20H,(H,22,25)(H,23,26). The second-order valence-corrected chi connectivity index (χ2v) is 5.54. The van der Waals surface area contributed by atoms with Gasteiger partial charge in [0.15, 0.2) is 0 Å². The fraction of sp³-hybridized carbons (Fsp3) is 0. The zero-order valence-corrected chi connectivity index (χ0v) is 13.5. The SMILES string of the molecule is O=C(NNC(=O)c1c[nH]c2ccccc12)c1ccc(-n2cncn2)cc1. The van der Waals surface area contributed by atoms with Crippen LogP contribution in [0.3, 0.4) is 0 Å². The van der Waals surface area contributed by atoms with Crippen LogP contribution in [0.25, 0.3) is 16.6 Å². The molecule has 0 fully saturated rings. The van der Waals surface area contributed by atoms with Crippen molar-refractivity contribution in [3.05, 3.63) is 78.5 Å². The van der Waals surface area contributed by atoms with Crippen molar-refractivity contribution in [2.75, 3.05) is 0 Å². The fourth-order valence-corrected chi connectivity index (χ4v) is 2.62. The third kappa shape index (κ3) is 2.91. The number of carbonyl (C=O) groups is 2. The molecule has 8 nitrogen and oxygen atoms in total. The number of aromatic nitrogens is 4. The Morgan fingerprint density at radius 2 is 1.73 bits per heavy atom. The Hall–Kier alpha value is -3.94. The third-order valence-corrected chi connectivity index (χ3v) is 3.94. The zero-order chi connectivity index (χ0) is 17.9. The Labute approximate surface area is 147 Å². The van der Waals surface area contributed by atoms with Crippen molar-refractivity contribution in [2.24, 2.45) is 0 Å². The maximum absolute atomic E-state index is 12.3. The van der Waals surface area contributed by atoms with Gasteiger partial charge in [-0.05, 0) is 30.3 Å². The highest BCUT2D eigenvalue weighted by Gasteiger charge is 2.13. The predicted octanol–water partition coefficient (Wildman–Crippen LogP) is 1.82. The number of fused-ring (bicyclic) bond motifs is 1. The molecule has 0 spiro atoms. The summed E-state index contributed by atoms with van der Waals surface area (Å²) in [6.45, 7) is 0. The molecule has 0 aliphatic rings. The summed E-state index contributed by atoms with van der Waals surface area (Å²) in [5, 5.41) is 4.81. The summed E-state index contributed by atoms with van der Waals surface area (Å²) >= 11 is 0. The van der Waals surface area contributed by atoms with E-state index >= 15 is 0 Å². The smallest absolute Gasteiger partial charge is 0.271 e. The number of hydrogen-bond acceptors (Lipinski definition) is 4. The second-order valence-electron chi connectivity index (χ2n) is 5.54. The molecule has 0 aliphatic heterocycles.